The van der Waals surface area contributed by atoms with Crippen LogP contribution in [0, 0.1) is 6.92 Å². The highest BCUT2D eigenvalue weighted by molar-refractivity contribution is 5.75. The van der Waals surface area contributed by atoms with Crippen molar-refractivity contribution in [1.29, 1.82) is 0 Å². The zero-order chi connectivity index (χ0) is 21.0. The predicted octanol–water partition coefficient (Wildman–Crippen LogP) is 6.46. The maximum Gasteiger partial charge on any atom is 0.222 e. The molecule has 1 atom stereocenters. The van der Waals surface area contributed by atoms with Crippen molar-refractivity contribution in [3.8, 4) is 5.88 Å². The fourth-order valence-corrected chi connectivity index (χ4v) is 4.54. The average Bonchev–Trinajstić information content (AvgIpc) is 2.72. The Morgan fingerprint density at radius 3 is 2.34 bits per heavy atom. The topological polar surface area (TPSA) is 61.0 Å². The van der Waals surface area contributed by atoms with E-state index < -0.39 is 5.60 Å². The maximum atomic E-state index is 6.50. The Balaban J connectivity index is 1.93. The largest absolute Gasteiger partial charge is 0.466 e. The van der Waals surface area contributed by atoms with Crippen molar-refractivity contribution in [1.82, 2.24) is 9.97 Å². The Hall–Kier alpha value is -2.36. The standard InChI is InChI=1S/C25H35N3O/c1-6-25(5,29-24-18(4)23(26)27-16-28-24)22(17(2)3)21-14-12-20(13-15-21)19-10-8-7-9-11-19/h12-16,19H,6-11H2,1-5H3,(H2,26,27,28). The minimum Gasteiger partial charge on any atom is -0.466 e. The van der Waals surface area contributed by atoms with Crippen LogP contribution in [0.2, 0.25) is 0 Å². The van der Waals surface area contributed by atoms with E-state index in [2.05, 4.69) is 61.9 Å². The van der Waals surface area contributed by atoms with Gasteiger partial charge in [0.25, 0.3) is 0 Å². The molecule has 3 rings (SSSR count). The predicted molar refractivity (Wildman–Crippen MR) is 121 cm³/mol. The van der Waals surface area contributed by atoms with Crippen LogP contribution >= 0.6 is 0 Å². The number of hydrogen-bond donors (Lipinski definition) is 1. The van der Waals surface area contributed by atoms with E-state index in [0.717, 1.165) is 12.0 Å². The van der Waals surface area contributed by atoms with E-state index in [9.17, 15) is 0 Å². The van der Waals surface area contributed by atoms with Crippen LogP contribution in [-0.4, -0.2) is 15.6 Å². The van der Waals surface area contributed by atoms with Gasteiger partial charge in [-0.25, -0.2) is 9.97 Å². The van der Waals surface area contributed by atoms with E-state index in [1.54, 1.807) is 0 Å². The molecule has 29 heavy (non-hydrogen) atoms. The van der Waals surface area contributed by atoms with Crippen LogP contribution in [0.4, 0.5) is 5.82 Å². The molecule has 1 aromatic carbocycles. The zero-order valence-electron chi connectivity index (χ0n) is 18.6. The van der Waals surface area contributed by atoms with Crippen molar-refractivity contribution >= 4 is 11.4 Å². The molecule has 1 aliphatic carbocycles. The summed E-state index contributed by atoms with van der Waals surface area (Å²) in [6.07, 6.45) is 9.02. The fourth-order valence-electron chi connectivity index (χ4n) is 4.54. The normalized spacial score (nSPS) is 16.9. The molecular formula is C25H35N3O. The molecule has 2 N–H and O–H groups in total. The molecule has 2 aromatic rings. The molecule has 0 saturated heterocycles. The molecule has 1 aliphatic rings. The number of nitrogens with two attached hydrogens (primary N) is 1. The third-order valence-electron chi connectivity index (χ3n) is 6.38. The molecule has 0 aliphatic heterocycles. The van der Waals surface area contributed by atoms with Crippen molar-refractivity contribution < 1.29 is 4.74 Å². The fraction of sp³-hybridized carbons (Fsp3) is 0.520. The van der Waals surface area contributed by atoms with E-state index in [-0.39, 0.29) is 0 Å². The monoisotopic (exact) mass is 393 g/mol. The molecular weight excluding hydrogens is 358 g/mol. The van der Waals surface area contributed by atoms with E-state index >= 15 is 0 Å². The van der Waals surface area contributed by atoms with Gasteiger partial charge in [-0.15, -0.1) is 0 Å². The summed E-state index contributed by atoms with van der Waals surface area (Å²) in [4.78, 5) is 8.41. The number of hydrogen-bond acceptors (Lipinski definition) is 4. The second kappa shape index (κ2) is 8.98. The molecule has 1 unspecified atom stereocenters. The number of nitrogens with zero attached hydrogens (tertiary/aromatic N) is 2. The Morgan fingerprint density at radius 2 is 1.76 bits per heavy atom. The Bertz CT molecular complexity index is 862. The third-order valence-corrected chi connectivity index (χ3v) is 6.38. The first-order valence-electron chi connectivity index (χ1n) is 10.9. The van der Waals surface area contributed by atoms with Gasteiger partial charge in [0.1, 0.15) is 17.7 Å². The van der Waals surface area contributed by atoms with E-state index in [4.69, 9.17) is 10.5 Å². The number of benzene rings is 1. The van der Waals surface area contributed by atoms with E-state index in [1.165, 1.54) is 60.7 Å². The first-order valence-corrected chi connectivity index (χ1v) is 10.9. The van der Waals surface area contributed by atoms with Gasteiger partial charge < -0.3 is 10.5 Å². The molecule has 1 aromatic heterocycles. The summed E-state index contributed by atoms with van der Waals surface area (Å²) >= 11 is 0. The van der Waals surface area contributed by atoms with Crippen LogP contribution in [0.15, 0.2) is 36.2 Å². The first kappa shape index (κ1) is 21.4. The Morgan fingerprint density at radius 1 is 1.10 bits per heavy atom. The third kappa shape index (κ3) is 4.63. The molecule has 156 valence electrons. The second-order valence-electron chi connectivity index (χ2n) is 8.71. The Kier molecular flexibility index (Phi) is 6.61. The second-order valence-corrected chi connectivity index (χ2v) is 8.71. The average molecular weight is 394 g/mol. The van der Waals surface area contributed by atoms with Gasteiger partial charge in [0.15, 0.2) is 0 Å². The van der Waals surface area contributed by atoms with Gasteiger partial charge >= 0.3 is 0 Å². The summed E-state index contributed by atoms with van der Waals surface area (Å²) < 4.78 is 6.50. The first-order chi connectivity index (χ1) is 13.9. The van der Waals surface area contributed by atoms with Gasteiger partial charge in [0.05, 0.1) is 5.56 Å². The van der Waals surface area contributed by atoms with E-state index in [0.29, 0.717) is 17.6 Å². The smallest absolute Gasteiger partial charge is 0.222 e. The van der Waals surface area contributed by atoms with Crippen LogP contribution in [0.5, 0.6) is 5.88 Å². The number of aromatic nitrogens is 2. The lowest BCUT2D eigenvalue weighted by Crippen LogP contribution is -2.34. The lowest BCUT2D eigenvalue weighted by Gasteiger charge is -2.34. The molecule has 0 bridgehead atoms. The highest BCUT2D eigenvalue weighted by Crippen LogP contribution is 2.39. The van der Waals surface area contributed by atoms with Crippen molar-refractivity contribution in [3.63, 3.8) is 0 Å². The minimum absolute atomic E-state index is 0.462. The number of ether oxygens (including phenoxy) is 1. The highest BCUT2D eigenvalue weighted by atomic mass is 16.5. The molecule has 0 spiro atoms. The summed E-state index contributed by atoms with van der Waals surface area (Å²) in [5, 5.41) is 0. The SMILES string of the molecule is CCC(C)(Oc1ncnc(N)c1C)C(=C(C)C)c1ccc(C2CCCCC2)cc1. The Labute approximate surface area is 175 Å². The number of allylic oxidation sites excluding steroid dienone is 1. The van der Waals surface area contributed by atoms with Crippen LogP contribution in [0.1, 0.15) is 88.8 Å². The van der Waals surface area contributed by atoms with Gasteiger partial charge in [0.2, 0.25) is 5.88 Å². The van der Waals surface area contributed by atoms with Crippen LogP contribution < -0.4 is 10.5 Å². The molecule has 1 heterocycles. The maximum absolute atomic E-state index is 6.50. The van der Waals surface area contributed by atoms with Gasteiger partial charge in [-0.3, -0.25) is 0 Å². The molecule has 0 amide bonds. The summed E-state index contributed by atoms with van der Waals surface area (Å²) in [6.45, 7) is 10.5. The lowest BCUT2D eigenvalue weighted by molar-refractivity contribution is 0.137. The summed E-state index contributed by atoms with van der Waals surface area (Å²) in [5.74, 6) is 1.73. The molecule has 4 nitrogen and oxygen atoms in total. The van der Waals surface area contributed by atoms with Crippen LogP contribution in [0.25, 0.3) is 5.57 Å². The molecule has 0 radical (unpaired) electrons. The summed E-state index contributed by atoms with van der Waals surface area (Å²) in [6, 6.07) is 9.17. The van der Waals surface area contributed by atoms with Gasteiger partial charge in [-0.2, -0.15) is 0 Å². The quantitative estimate of drug-likeness (QED) is 0.612. The van der Waals surface area contributed by atoms with E-state index in [1.807, 2.05) is 6.92 Å². The molecule has 1 fully saturated rings. The number of rotatable bonds is 6. The van der Waals surface area contributed by atoms with Crippen LogP contribution in [-0.2, 0) is 0 Å². The number of nitrogen functional groups attached to an aromatic ring is 1. The van der Waals surface area contributed by atoms with Crippen molar-refractivity contribution in [2.45, 2.75) is 84.7 Å². The number of anilines is 1. The van der Waals surface area contributed by atoms with Crippen molar-refractivity contribution in [3.05, 3.63) is 52.9 Å². The minimum atomic E-state index is -0.503. The summed E-state index contributed by atoms with van der Waals surface area (Å²) in [7, 11) is 0. The lowest BCUT2D eigenvalue weighted by atomic mass is 9.81. The molecule has 1 saturated carbocycles. The van der Waals surface area contributed by atoms with Crippen molar-refractivity contribution in [2.75, 3.05) is 5.73 Å². The van der Waals surface area contributed by atoms with Gasteiger partial charge in [-0.1, -0.05) is 56.0 Å². The van der Waals surface area contributed by atoms with Crippen LogP contribution in [0.3, 0.4) is 0 Å². The summed E-state index contributed by atoms with van der Waals surface area (Å²) in [5.41, 5.74) is 11.4. The zero-order valence-corrected chi connectivity index (χ0v) is 18.6. The highest BCUT2D eigenvalue weighted by Gasteiger charge is 2.33. The van der Waals surface area contributed by atoms with Gasteiger partial charge in [0, 0.05) is 5.57 Å². The van der Waals surface area contributed by atoms with Gasteiger partial charge in [-0.05, 0) is 64.0 Å². The molecule has 4 heteroatoms. The van der Waals surface area contributed by atoms with Crippen molar-refractivity contribution in [2.24, 2.45) is 0 Å².